The van der Waals surface area contributed by atoms with Crippen molar-refractivity contribution in [2.24, 2.45) is 4.99 Å². The largest absolute Gasteiger partial charge is 0.360 e. The van der Waals surface area contributed by atoms with E-state index in [1.165, 1.54) is 22.3 Å². The number of fused-ring (bicyclic) bond motifs is 5. The van der Waals surface area contributed by atoms with E-state index in [2.05, 4.69) is 198 Å². The molecule has 3 nitrogen and oxygen atoms in total. The van der Waals surface area contributed by atoms with Gasteiger partial charge in [-0.05, 0) is 87.3 Å². The van der Waals surface area contributed by atoms with Gasteiger partial charge in [-0.3, -0.25) is 4.99 Å². The van der Waals surface area contributed by atoms with Crippen molar-refractivity contribution in [2.45, 2.75) is 6.17 Å². The first-order valence-electron chi connectivity index (χ1n) is 18.0. The molecule has 0 spiro atoms. The zero-order valence-electron chi connectivity index (χ0n) is 28.9. The fourth-order valence-corrected chi connectivity index (χ4v) is 7.67. The van der Waals surface area contributed by atoms with Gasteiger partial charge < -0.3 is 9.88 Å². The Balaban J connectivity index is 1.22. The van der Waals surface area contributed by atoms with Gasteiger partial charge >= 0.3 is 0 Å². The monoisotopic (exact) mass is 675 g/mol. The van der Waals surface area contributed by atoms with Gasteiger partial charge in [0.15, 0.2) is 0 Å². The van der Waals surface area contributed by atoms with Gasteiger partial charge in [0, 0.05) is 27.7 Å². The van der Waals surface area contributed by atoms with Gasteiger partial charge in [0.1, 0.15) is 6.17 Å². The van der Waals surface area contributed by atoms with E-state index in [1.54, 1.807) is 0 Å². The lowest BCUT2D eigenvalue weighted by Gasteiger charge is -2.25. The molecule has 10 rings (SSSR count). The first-order chi connectivity index (χ1) is 26.3. The van der Waals surface area contributed by atoms with E-state index < -0.39 is 0 Å². The second-order valence-corrected chi connectivity index (χ2v) is 13.5. The first-order valence-corrected chi connectivity index (χ1v) is 18.0. The molecule has 2 heterocycles. The van der Waals surface area contributed by atoms with Crippen LogP contribution in [0.25, 0.3) is 66.2 Å². The average Bonchev–Trinajstić information content (AvgIpc) is 3.59. The van der Waals surface area contributed by atoms with Gasteiger partial charge in [-0.1, -0.05) is 152 Å². The fourth-order valence-electron chi connectivity index (χ4n) is 7.67. The molecule has 1 unspecified atom stereocenters. The zero-order valence-corrected chi connectivity index (χ0v) is 28.9. The van der Waals surface area contributed by atoms with Gasteiger partial charge in [0.25, 0.3) is 0 Å². The third-order valence-electron chi connectivity index (χ3n) is 10.2. The van der Waals surface area contributed by atoms with Crippen LogP contribution in [0.5, 0.6) is 0 Å². The Morgan fingerprint density at radius 3 is 1.85 bits per heavy atom. The highest BCUT2D eigenvalue weighted by Crippen LogP contribution is 2.39. The molecule has 0 saturated carbocycles. The molecule has 0 aliphatic carbocycles. The van der Waals surface area contributed by atoms with Crippen LogP contribution in [-0.4, -0.2) is 10.3 Å². The van der Waals surface area contributed by atoms with Crippen LogP contribution in [0, 0.1) is 12.1 Å². The summed E-state index contributed by atoms with van der Waals surface area (Å²) in [6.45, 7) is 0. The smallest absolute Gasteiger partial charge is 0.145 e. The summed E-state index contributed by atoms with van der Waals surface area (Å²) in [4.78, 5) is 5.30. The van der Waals surface area contributed by atoms with Gasteiger partial charge in [0.2, 0.25) is 0 Å². The minimum absolute atomic E-state index is 0.213. The average molecular weight is 676 g/mol. The van der Waals surface area contributed by atoms with Crippen molar-refractivity contribution >= 4 is 44.0 Å². The Kier molecular flexibility index (Phi) is 7.45. The summed E-state index contributed by atoms with van der Waals surface area (Å²) in [5.41, 5.74) is 13.3. The Labute approximate surface area is 308 Å². The highest BCUT2D eigenvalue weighted by atomic mass is 15.1. The van der Waals surface area contributed by atoms with Crippen LogP contribution in [0.4, 0.5) is 0 Å². The SMILES string of the molecule is c1ccc2ccc3c4cc(C5=NC(c6ccccc6)NC(c6ccccc6)=C5)ccc4n(-c4cc(-c5ccccc5)cc(-c5ccccc5)c4)c3c2c#1. The number of benzene rings is 7. The minimum atomic E-state index is -0.213. The molecule has 1 atom stereocenters. The van der Waals surface area contributed by atoms with Crippen LogP contribution in [0.2, 0.25) is 0 Å². The van der Waals surface area contributed by atoms with Crippen LogP contribution in [-0.2, 0) is 0 Å². The van der Waals surface area contributed by atoms with E-state index >= 15 is 0 Å². The summed E-state index contributed by atoms with van der Waals surface area (Å²) in [6, 6.07) is 71.3. The number of aliphatic imine (C=N–C) groups is 1. The lowest BCUT2D eigenvalue weighted by molar-refractivity contribution is 0.664. The quantitative estimate of drug-likeness (QED) is 0.187. The maximum atomic E-state index is 5.30. The van der Waals surface area contributed by atoms with Gasteiger partial charge in [-0.2, -0.15) is 0 Å². The van der Waals surface area contributed by atoms with Crippen molar-refractivity contribution in [1.29, 1.82) is 0 Å². The summed E-state index contributed by atoms with van der Waals surface area (Å²) in [6.07, 6.45) is 1.97. The molecule has 0 fully saturated rings. The van der Waals surface area contributed by atoms with Crippen LogP contribution in [0.15, 0.2) is 193 Å². The molecule has 0 saturated heterocycles. The van der Waals surface area contributed by atoms with Crippen molar-refractivity contribution < 1.29 is 0 Å². The lowest BCUT2D eigenvalue weighted by Crippen LogP contribution is -2.24. The molecule has 9 aromatic rings. The number of hydrogen-bond donors (Lipinski definition) is 1. The van der Waals surface area contributed by atoms with E-state index in [0.29, 0.717) is 0 Å². The van der Waals surface area contributed by atoms with Gasteiger partial charge in [-0.15, -0.1) is 0 Å². The molecular weight excluding hydrogens is 643 g/mol. The molecule has 0 radical (unpaired) electrons. The summed E-state index contributed by atoms with van der Waals surface area (Å²) in [5.74, 6) is 0. The molecule has 0 bridgehead atoms. The van der Waals surface area contributed by atoms with Crippen molar-refractivity contribution in [3.05, 3.63) is 217 Å². The number of rotatable bonds is 6. The zero-order chi connectivity index (χ0) is 35.1. The predicted octanol–water partition coefficient (Wildman–Crippen LogP) is 12.0. The molecule has 0 amide bonds. The van der Waals surface area contributed by atoms with Gasteiger partial charge in [0.05, 0.1) is 22.1 Å². The summed E-state index contributed by atoms with van der Waals surface area (Å²) < 4.78 is 2.42. The number of hydrogen-bond acceptors (Lipinski definition) is 2. The van der Waals surface area contributed by atoms with Crippen molar-refractivity contribution in [2.75, 3.05) is 0 Å². The third-order valence-corrected chi connectivity index (χ3v) is 10.2. The summed E-state index contributed by atoms with van der Waals surface area (Å²) >= 11 is 0. The number of nitrogens with zero attached hydrogens (tertiary/aromatic N) is 2. The predicted molar refractivity (Wildman–Crippen MR) is 220 cm³/mol. The molecule has 1 N–H and O–H groups in total. The normalized spacial score (nSPS) is 14.1. The van der Waals surface area contributed by atoms with Gasteiger partial charge in [-0.25, -0.2) is 0 Å². The van der Waals surface area contributed by atoms with E-state index in [0.717, 1.165) is 66.4 Å². The van der Waals surface area contributed by atoms with Crippen LogP contribution in [0.1, 0.15) is 22.9 Å². The third kappa shape index (κ3) is 5.55. The van der Waals surface area contributed by atoms with Crippen molar-refractivity contribution in [3.8, 4) is 27.9 Å². The van der Waals surface area contributed by atoms with Crippen LogP contribution >= 0.6 is 0 Å². The number of nitrogens with one attached hydrogen (secondary N) is 1. The molecule has 1 aromatic heterocycles. The Morgan fingerprint density at radius 2 is 1.17 bits per heavy atom. The highest BCUT2D eigenvalue weighted by Gasteiger charge is 2.22. The maximum Gasteiger partial charge on any atom is 0.145 e. The van der Waals surface area contributed by atoms with E-state index in [-0.39, 0.29) is 6.17 Å². The lowest BCUT2D eigenvalue weighted by atomic mass is 9.98. The summed E-state index contributed by atoms with van der Waals surface area (Å²) in [7, 11) is 0. The number of allylic oxidation sites excluding steroid dienone is 1. The summed E-state index contributed by atoms with van der Waals surface area (Å²) in [5, 5.41) is 8.20. The molecule has 8 aromatic carbocycles. The Hall–Kier alpha value is -7.15. The van der Waals surface area contributed by atoms with Crippen molar-refractivity contribution in [3.63, 3.8) is 0 Å². The van der Waals surface area contributed by atoms with Crippen molar-refractivity contribution in [1.82, 2.24) is 9.88 Å². The van der Waals surface area contributed by atoms with Crippen LogP contribution < -0.4 is 5.32 Å². The van der Waals surface area contributed by atoms with Crippen LogP contribution in [0.3, 0.4) is 0 Å². The van der Waals surface area contributed by atoms with E-state index in [4.69, 9.17) is 4.99 Å². The minimum Gasteiger partial charge on any atom is -0.360 e. The molecule has 53 heavy (non-hydrogen) atoms. The topological polar surface area (TPSA) is 29.3 Å². The Morgan fingerprint density at radius 1 is 0.528 bits per heavy atom. The first kappa shape index (κ1) is 30.7. The van der Waals surface area contributed by atoms with E-state index in [1.807, 2.05) is 12.1 Å². The standard InChI is InChI=1S/C50H33N3/c1-5-15-34(16-6-1)40-29-41(35-17-7-2-8-18-35)31-42(30-40)53-48-28-26-39(32-45(48)44-27-25-36-19-13-14-24-43(36)49(44)53)47-33-46(37-20-9-3-10-21-37)51-50(52-47)38-22-11-4-12-23-38/h1-13,15-23,25-33,50-51H. The second kappa shape index (κ2) is 12.9. The molecule has 248 valence electrons. The Bertz CT molecular complexity index is 2780. The molecular formula is C50H33N3. The highest BCUT2D eigenvalue weighted by molar-refractivity contribution is 6.21. The molecule has 3 heteroatoms. The number of aromatic nitrogens is 1. The fraction of sp³-hybridized carbons (Fsp3) is 0.0200. The maximum absolute atomic E-state index is 5.30. The molecule has 1 aliphatic rings. The second-order valence-electron chi connectivity index (χ2n) is 13.5. The van der Waals surface area contributed by atoms with E-state index in [9.17, 15) is 0 Å². The molecule has 1 aliphatic heterocycles.